The molecule has 0 saturated carbocycles. The first kappa shape index (κ1) is 69.3. The van der Waals surface area contributed by atoms with E-state index >= 15 is 0 Å². The van der Waals surface area contributed by atoms with Gasteiger partial charge in [-0.05, 0) is 122 Å². The topological polar surface area (TPSA) is 78.9 Å². The highest BCUT2D eigenvalue weighted by Crippen LogP contribution is 2.15. The van der Waals surface area contributed by atoms with Gasteiger partial charge in [0, 0.05) is 19.3 Å². The Hall–Kier alpha value is -3.67. The van der Waals surface area contributed by atoms with Gasteiger partial charge in [-0.25, -0.2) is 0 Å². The number of hydrogen-bond acceptors (Lipinski definition) is 6. The summed E-state index contributed by atoms with van der Waals surface area (Å²) in [5, 5.41) is 0. The zero-order valence-corrected chi connectivity index (χ0v) is 47.9. The van der Waals surface area contributed by atoms with Crippen LogP contribution >= 0.6 is 0 Å². The van der Waals surface area contributed by atoms with Crippen LogP contribution in [0.2, 0.25) is 0 Å². The van der Waals surface area contributed by atoms with Gasteiger partial charge in [0.15, 0.2) is 6.10 Å². The van der Waals surface area contributed by atoms with Gasteiger partial charge in [-0.2, -0.15) is 0 Å². The molecule has 0 aliphatic heterocycles. The van der Waals surface area contributed by atoms with E-state index in [2.05, 4.69) is 118 Å². The Morgan fingerprint density at radius 3 is 0.877 bits per heavy atom. The lowest BCUT2D eigenvalue weighted by molar-refractivity contribution is -0.167. The van der Waals surface area contributed by atoms with Crippen molar-refractivity contribution in [2.24, 2.45) is 0 Å². The summed E-state index contributed by atoms with van der Waals surface area (Å²) >= 11 is 0. The second-order valence-electron chi connectivity index (χ2n) is 20.2. The van der Waals surface area contributed by atoms with Crippen molar-refractivity contribution in [2.75, 3.05) is 13.2 Å². The SMILES string of the molecule is CCCCC/C=C\C/C=C\C/C=C\C/C=C\CCCCCC(=O)O[C@@H](COC(=O)CCC/C=C\C/C=C\C/C=C\CCCCCCCC)COC(=O)CCCCCCCCCCC/C=C\CCCCCCCC. The number of allylic oxidation sites excluding steroid dienone is 16. The van der Waals surface area contributed by atoms with Crippen LogP contribution in [-0.2, 0) is 28.6 Å². The largest absolute Gasteiger partial charge is 0.462 e. The van der Waals surface area contributed by atoms with E-state index in [1.54, 1.807) is 0 Å². The van der Waals surface area contributed by atoms with Crippen molar-refractivity contribution in [2.45, 2.75) is 297 Å². The van der Waals surface area contributed by atoms with Crippen molar-refractivity contribution in [3.63, 3.8) is 0 Å². The average molecular weight is 1020 g/mol. The predicted molar refractivity (Wildman–Crippen MR) is 316 cm³/mol. The Morgan fingerprint density at radius 1 is 0.274 bits per heavy atom. The minimum absolute atomic E-state index is 0.107. The van der Waals surface area contributed by atoms with E-state index in [1.165, 1.54) is 161 Å². The third-order valence-corrected chi connectivity index (χ3v) is 13.0. The van der Waals surface area contributed by atoms with E-state index < -0.39 is 6.10 Å². The number of carbonyl (C=O) groups is 3. The molecule has 6 nitrogen and oxygen atoms in total. The molecular formula is C67H114O6. The summed E-state index contributed by atoms with van der Waals surface area (Å²) in [7, 11) is 0. The molecule has 0 unspecified atom stereocenters. The van der Waals surface area contributed by atoms with Crippen LogP contribution in [0.1, 0.15) is 290 Å². The first-order valence-electron chi connectivity index (χ1n) is 30.7. The van der Waals surface area contributed by atoms with Crippen LogP contribution in [0.4, 0.5) is 0 Å². The molecule has 0 rings (SSSR count). The molecule has 1 atom stereocenters. The fourth-order valence-electron chi connectivity index (χ4n) is 8.38. The van der Waals surface area contributed by atoms with Crippen LogP contribution in [0.3, 0.4) is 0 Å². The molecule has 418 valence electrons. The van der Waals surface area contributed by atoms with Gasteiger partial charge in [-0.15, -0.1) is 0 Å². The van der Waals surface area contributed by atoms with E-state index in [4.69, 9.17) is 14.2 Å². The molecule has 0 radical (unpaired) electrons. The number of ether oxygens (including phenoxy) is 3. The van der Waals surface area contributed by atoms with Crippen molar-refractivity contribution < 1.29 is 28.6 Å². The van der Waals surface area contributed by atoms with Crippen LogP contribution in [0, 0.1) is 0 Å². The van der Waals surface area contributed by atoms with Crippen LogP contribution in [0.25, 0.3) is 0 Å². The summed E-state index contributed by atoms with van der Waals surface area (Å²) in [4.78, 5) is 38.2. The van der Waals surface area contributed by atoms with Gasteiger partial charge < -0.3 is 14.2 Å². The lowest BCUT2D eigenvalue weighted by Gasteiger charge is -2.18. The van der Waals surface area contributed by atoms with Crippen molar-refractivity contribution in [3.05, 3.63) is 97.2 Å². The van der Waals surface area contributed by atoms with E-state index in [9.17, 15) is 14.4 Å². The van der Waals surface area contributed by atoms with Crippen LogP contribution < -0.4 is 0 Å². The molecule has 0 N–H and O–H groups in total. The molecule has 0 amide bonds. The molecule has 0 fully saturated rings. The Kier molecular flexibility index (Phi) is 57.8. The standard InChI is InChI=1S/C67H114O6/c1-4-7-10-13-16-19-22-25-28-31-33-36-39-42-45-48-51-54-57-60-66(69)72-63-64(62-71-65(68)59-56-53-50-47-44-41-38-35-30-27-24-21-18-15-12-9-6-3)73-67(70)61-58-55-52-49-46-43-40-37-34-32-29-26-23-20-17-14-11-8-5-2/h17,20,25-30,34,37-38,41,43,46-47,50,64H,4-16,18-19,21-24,31-33,35-36,39-40,42,44-45,48-49,51-63H2,1-3H3/b20-17-,28-25-,29-26-,30-27-,37-34-,41-38-,46-43-,50-47-/t64-/m0/s1. The average Bonchev–Trinajstić information content (AvgIpc) is 3.39. The Balaban J connectivity index is 4.51. The van der Waals surface area contributed by atoms with Crippen LogP contribution in [0.15, 0.2) is 97.2 Å². The van der Waals surface area contributed by atoms with Gasteiger partial charge in [0.2, 0.25) is 0 Å². The van der Waals surface area contributed by atoms with Gasteiger partial charge in [-0.1, -0.05) is 246 Å². The Labute approximate surface area is 451 Å². The summed E-state index contributed by atoms with van der Waals surface area (Å²) in [5.41, 5.74) is 0. The number of unbranched alkanes of at least 4 members (excludes halogenated alkanes) is 28. The maximum Gasteiger partial charge on any atom is 0.306 e. The molecule has 0 aliphatic carbocycles. The van der Waals surface area contributed by atoms with Crippen molar-refractivity contribution in [1.29, 1.82) is 0 Å². The zero-order valence-electron chi connectivity index (χ0n) is 47.9. The summed E-state index contributed by atoms with van der Waals surface area (Å²) < 4.78 is 16.8. The number of hydrogen-bond donors (Lipinski definition) is 0. The maximum absolute atomic E-state index is 12.9. The van der Waals surface area contributed by atoms with Crippen molar-refractivity contribution >= 4 is 17.9 Å². The highest BCUT2D eigenvalue weighted by Gasteiger charge is 2.19. The maximum atomic E-state index is 12.9. The minimum Gasteiger partial charge on any atom is -0.462 e. The summed E-state index contributed by atoms with van der Waals surface area (Å²) in [5.74, 6) is -0.989. The number of rotatable bonds is 55. The molecule has 6 heteroatoms. The van der Waals surface area contributed by atoms with Gasteiger partial charge in [0.1, 0.15) is 13.2 Å². The highest BCUT2D eigenvalue weighted by atomic mass is 16.6. The Morgan fingerprint density at radius 2 is 0.507 bits per heavy atom. The van der Waals surface area contributed by atoms with E-state index in [-0.39, 0.29) is 44.0 Å². The molecule has 0 bridgehead atoms. The molecular weight excluding hydrogens is 901 g/mol. The van der Waals surface area contributed by atoms with Crippen LogP contribution in [-0.4, -0.2) is 37.2 Å². The second kappa shape index (κ2) is 60.9. The summed E-state index contributed by atoms with van der Waals surface area (Å²) in [6.45, 7) is 6.55. The van der Waals surface area contributed by atoms with E-state index in [1.807, 2.05) is 0 Å². The first-order chi connectivity index (χ1) is 36.0. The molecule has 0 aromatic rings. The Bertz CT molecular complexity index is 1440. The molecule has 0 aromatic heterocycles. The van der Waals surface area contributed by atoms with Crippen molar-refractivity contribution in [3.8, 4) is 0 Å². The number of carbonyl (C=O) groups excluding carboxylic acids is 3. The van der Waals surface area contributed by atoms with Gasteiger partial charge in [0.05, 0.1) is 0 Å². The van der Waals surface area contributed by atoms with Gasteiger partial charge in [0.25, 0.3) is 0 Å². The third-order valence-electron chi connectivity index (χ3n) is 13.0. The van der Waals surface area contributed by atoms with Gasteiger partial charge >= 0.3 is 17.9 Å². The molecule has 0 heterocycles. The lowest BCUT2D eigenvalue weighted by Crippen LogP contribution is -2.30. The highest BCUT2D eigenvalue weighted by molar-refractivity contribution is 5.71. The quantitative estimate of drug-likeness (QED) is 0.0261. The molecule has 0 aliphatic rings. The fraction of sp³-hybridized carbons (Fsp3) is 0.716. The normalized spacial score (nSPS) is 12.8. The second-order valence-corrected chi connectivity index (χ2v) is 20.2. The fourth-order valence-corrected chi connectivity index (χ4v) is 8.38. The van der Waals surface area contributed by atoms with E-state index in [0.29, 0.717) is 12.8 Å². The minimum atomic E-state index is -0.817. The molecule has 0 saturated heterocycles. The number of esters is 3. The monoisotopic (exact) mass is 1010 g/mol. The summed E-state index contributed by atoms with van der Waals surface area (Å²) in [6, 6.07) is 0. The molecule has 73 heavy (non-hydrogen) atoms. The van der Waals surface area contributed by atoms with Crippen LogP contribution in [0.5, 0.6) is 0 Å². The first-order valence-corrected chi connectivity index (χ1v) is 30.7. The molecule has 0 spiro atoms. The molecule has 0 aromatic carbocycles. The van der Waals surface area contributed by atoms with E-state index in [0.717, 1.165) is 83.5 Å². The third kappa shape index (κ3) is 59.1. The predicted octanol–water partition coefficient (Wildman–Crippen LogP) is 20.9. The zero-order chi connectivity index (χ0) is 52.9. The summed E-state index contributed by atoms with van der Waals surface area (Å²) in [6.07, 6.45) is 81.2. The lowest BCUT2D eigenvalue weighted by atomic mass is 10.1. The smallest absolute Gasteiger partial charge is 0.306 e. The van der Waals surface area contributed by atoms with Crippen molar-refractivity contribution in [1.82, 2.24) is 0 Å². The van der Waals surface area contributed by atoms with Gasteiger partial charge in [-0.3, -0.25) is 14.4 Å².